The Morgan fingerprint density at radius 1 is 1.35 bits per heavy atom. The SMILES string of the molecule is CCOc1ccc(C2C(N)CC(=O)N2CCOC)cc1. The van der Waals surface area contributed by atoms with Gasteiger partial charge in [0.05, 0.1) is 19.3 Å². The molecule has 1 aromatic rings. The molecule has 2 unspecified atom stereocenters. The van der Waals surface area contributed by atoms with Gasteiger partial charge in [-0.1, -0.05) is 12.1 Å². The third-order valence-corrected chi connectivity index (χ3v) is 3.54. The van der Waals surface area contributed by atoms with Crippen LogP contribution in [0.4, 0.5) is 0 Å². The molecule has 2 atom stereocenters. The molecule has 5 heteroatoms. The summed E-state index contributed by atoms with van der Waals surface area (Å²) in [6.45, 7) is 3.68. The third kappa shape index (κ3) is 3.11. The molecular weight excluding hydrogens is 256 g/mol. The van der Waals surface area contributed by atoms with Crippen molar-refractivity contribution in [3.05, 3.63) is 29.8 Å². The summed E-state index contributed by atoms with van der Waals surface area (Å²) in [4.78, 5) is 13.8. The number of hydrogen-bond donors (Lipinski definition) is 1. The summed E-state index contributed by atoms with van der Waals surface area (Å²) >= 11 is 0. The molecule has 2 rings (SSSR count). The molecule has 1 fully saturated rings. The zero-order valence-corrected chi connectivity index (χ0v) is 12.0. The van der Waals surface area contributed by atoms with Crippen molar-refractivity contribution in [2.45, 2.75) is 25.4 Å². The molecule has 0 saturated carbocycles. The van der Waals surface area contributed by atoms with Gasteiger partial charge >= 0.3 is 0 Å². The van der Waals surface area contributed by atoms with Crippen LogP contribution in [0, 0.1) is 0 Å². The second kappa shape index (κ2) is 6.72. The van der Waals surface area contributed by atoms with E-state index in [0.717, 1.165) is 11.3 Å². The van der Waals surface area contributed by atoms with Gasteiger partial charge in [0.1, 0.15) is 5.75 Å². The Bertz CT molecular complexity index is 447. The first kappa shape index (κ1) is 14.8. The van der Waals surface area contributed by atoms with Gasteiger partial charge in [0.2, 0.25) is 5.91 Å². The van der Waals surface area contributed by atoms with Crippen LogP contribution in [-0.2, 0) is 9.53 Å². The van der Waals surface area contributed by atoms with E-state index in [1.54, 1.807) is 7.11 Å². The first-order chi connectivity index (χ1) is 9.67. The lowest BCUT2D eigenvalue weighted by molar-refractivity contribution is -0.129. The van der Waals surface area contributed by atoms with E-state index in [2.05, 4.69) is 0 Å². The molecule has 0 aliphatic carbocycles. The van der Waals surface area contributed by atoms with Crippen molar-refractivity contribution in [1.82, 2.24) is 4.90 Å². The molecule has 1 saturated heterocycles. The molecule has 5 nitrogen and oxygen atoms in total. The van der Waals surface area contributed by atoms with Crippen LogP contribution < -0.4 is 10.5 Å². The van der Waals surface area contributed by atoms with Crippen molar-refractivity contribution < 1.29 is 14.3 Å². The summed E-state index contributed by atoms with van der Waals surface area (Å²) in [5, 5.41) is 0. The molecule has 0 bridgehead atoms. The minimum Gasteiger partial charge on any atom is -0.494 e. The van der Waals surface area contributed by atoms with E-state index in [-0.39, 0.29) is 18.0 Å². The smallest absolute Gasteiger partial charge is 0.224 e. The van der Waals surface area contributed by atoms with E-state index in [1.807, 2.05) is 36.1 Å². The highest BCUT2D eigenvalue weighted by atomic mass is 16.5. The van der Waals surface area contributed by atoms with Crippen LogP contribution in [0.5, 0.6) is 5.75 Å². The van der Waals surface area contributed by atoms with E-state index in [4.69, 9.17) is 15.2 Å². The van der Waals surface area contributed by atoms with Crippen LogP contribution in [0.25, 0.3) is 0 Å². The zero-order valence-electron chi connectivity index (χ0n) is 12.0. The van der Waals surface area contributed by atoms with Gasteiger partial charge in [-0.3, -0.25) is 4.79 Å². The number of rotatable bonds is 6. The summed E-state index contributed by atoms with van der Waals surface area (Å²) in [7, 11) is 1.63. The number of nitrogens with two attached hydrogens (primary N) is 1. The molecule has 0 aromatic heterocycles. The number of carbonyl (C=O) groups is 1. The fourth-order valence-electron chi connectivity index (χ4n) is 2.63. The second-order valence-corrected chi connectivity index (χ2v) is 4.89. The molecule has 1 aliphatic heterocycles. The van der Waals surface area contributed by atoms with Gasteiger partial charge in [-0.15, -0.1) is 0 Å². The average molecular weight is 278 g/mol. The van der Waals surface area contributed by atoms with Crippen molar-refractivity contribution in [3.63, 3.8) is 0 Å². The Balaban J connectivity index is 2.16. The van der Waals surface area contributed by atoms with Gasteiger partial charge in [-0.25, -0.2) is 0 Å². The number of carbonyl (C=O) groups excluding carboxylic acids is 1. The highest BCUT2D eigenvalue weighted by Crippen LogP contribution is 2.32. The summed E-state index contributed by atoms with van der Waals surface area (Å²) < 4.78 is 10.5. The Labute approximate surface area is 119 Å². The first-order valence-corrected chi connectivity index (χ1v) is 6.94. The molecule has 2 N–H and O–H groups in total. The number of amides is 1. The molecule has 1 amide bonds. The molecule has 0 radical (unpaired) electrons. The molecule has 20 heavy (non-hydrogen) atoms. The summed E-state index contributed by atoms with van der Waals surface area (Å²) in [5.41, 5.74) is 7.17. The highest BCUT2D eigenvalue weighted by molar-refractivity contribution is 5.80. The second-order valence-electron chi connectivity index (χ2n) is 4.89. The number of nitrogens with zero attached hydrogens (tertiary/aromatic N) is 1. The van der Waals surface area contributed by atoms with Crippen molar-refractivity contribution in [3.8, 4) is 5.75 Å². The largest absolute Gasteiger partial charge is 0.494 e. The summed E-state index contributed by atoms with van der Waals surface area (Å²) in [5.74, 6) is 0.922. The lowest BCUT2D eigenvalue weighted by atomic mass is 10.0. The van der Waals surface area contributed by atoms with Crippen LogP contribution >= 0.6 is 0 Å². The van der Waals surface area contributed by atoms with Crippen LogP contribution in [0.3, 0.4) is 0 Å². The number of ether oxygens (including phenoxy) is 2. The highest BCUT2D eigenvalue weighted by Gasteiger charge is 2.38. The Kier molecular flexibility index (Phi) is 4.98. The van der Waals surface area contributed by atoms with Crippen LogP contribution in [0.15, 0.2) is 24.3 Å². The molecule has 1 heterocycles. The minimum absolute atomic E-state index is 0.0756. The Morgan fingerprint density at radius 2 is 2.05 bits per heavy atom. The maximum Gasteiger partial charge on any atom is 0.224 e. The van der Waals surface area contributed by atoms with Gasteiger partial charge in [-0.2, -0.15) is 0 Å². The van der Waals surface area contributed by atoms with Crippen LogP contribution in [0.1, 0.15) is 24.9 Å². The first-order valence-electron chi connectivity index (χ1n) is 6.94. The molecular formula is C15H22N2O3. The predicted octanol–water partition coefficient (Wildman–Crippen LogP) is 1.33. The van der Waals surface area contributed by atoms with Crippen LogP contribution in [0.2, 0.25) is 0 Å². The van der Waals surface area contributed by atoms with E-state index in [9.17, 15) is 4.79 Å². The standard InChI is InChI=1S/C15H22N2O3/c1-3-20-12-6-4-11(5-7-12)15-13(16)10-14(18)17(15)8-9-19-2/h4-7,13,15H,3,8-10,16H2,1-2H3. The van der Waals surface area contributed by atoms with Gasteiger partial charge in [-0.05, 0) is 24.6 Å². The predicted molar refractivity (Wildman–Crippen MR) is 76.5 cm³/mol. The number of hydrogen-bond acceptors (Lipinski definition) is 4. The number of likely N-dealkylation sites (tertiary alicyclic amines) is 1. The van der Waals surface area contributed by atoms with Crippen LogP contribution in [-0.4, -0.2) is 43.7 Å². The maximum atomic E-state index is 12.0. The van der Waals surface area contributed by atoms with E-state index in [0.29, 0.717) is 26.2 Å². The third-order valence-electron chi connectivity index (χ3n) is 3.54. The fourth-order valence-corrected chi connectivity index (χ4v) is 2.63. The Morgan fingerprint density at radius 3 is 2.65 bits per heavy atom. The quantitative estimate of drug-likeness (QED) is 0.852. The maximum absolute atomic E-state index is 12.0. The summed E-state index contributed by atoms with van der Waals surface area (Å²) in [6, 6.07) is 7.55. The van der Waals surface area contributed by atoms with Crippen molar-refractivity contribution in [2.75, 3.05) is 26.9 Å². The van der Waals surface area contributed by atoms with E-state index in [1.165, 1.54) is 0 Å². The minimum atomic E-state index is -0.169. The normalized spacial score (nSPS) is 22.4. The van der Waals surface area contributed by atoms with E-state index < -0.39 is 0 Å². The van der Waals surface area contributed by atoms with Gasteiger partial charge in [0.15, 0.2) is 0 Å². The molecule has 110 valence electrons. The topological polar surface area (TPSA) is 64.8 Å². The lowest BCUT2D eigenvalue weighted by Gasteiger charge is -2.27. The zero-order chi connectivity index (χ0) is 14.5. The Hall–Kier alpha value is -1.59. The number of benzene rings is 1. The molecule has 1 aromatic carbocycles. The van der Waals surface area contributed by atoms with E-state index >= 15 is 0 Å². The fraction of sp³-hybridized carbons (Fsp3) is 0.533. The van der Waals surface area contributed by atoms with Gasteiger partial charge in [0, 0.05) is 26.1 Å². The van der Waals surface area contributed by atoms with Crippen molar-refractivity contribution >= 4 is 5.91 Å². The molecule has 0 spiro atoms. The summed E-state index contributed by atoms with van der Waals surface area (Å²) in [6.07, 6.45) is 0.390. The lowest BCUT2D eigenvalue weighted by Crippen LogP contribution is -2.35. The van der Waals surface area contributed by atoms with Gasteiger partial charge in [0.25, 0.3) is 0 Å². The van der Waals surface area contributed by atoms with Crippen molar-refractivity contribution in [2.24, 2.45) is 5.73 Å². The van der Waals surface area contributed by atoms with Gasteiger partial charge < -0.3 is 20.1 Å². The van der Waals surface area contributed by atoms with Crippen molar-refractivity contribution in [1.29, 1.82) is 0 Å². The monoisotopic (exact) mass is 278 g/mol. The molecule has 1 aliphatic rings. The average Bonchev–Trinajstić information content (AvgIpc) is 2.72. The number of methoxy groups -OCH3 is 1.